The zero-order valence-electron chi connectivity index (χ0n) is 12.2. The molecule has 1 aromatic heterocycles. The minimum atomic E-state index is -0.485. The molecule has 0 radical (unpaired) electrons. The Balaban J connectivity index is 2.23. The molecule has 1 unspecified atom stereocenters. The van der Waals surface area contributed by atoms with E-state index >= 15 is 0 Å². The van der Waals surface area contributed by atoms with Gasteiger partial charge in [0.1, 0.15) is 6.04 Å². The quantitative estimate of drug-likeness (QED) is 0.875. The molecule has 1 amide bonds. The van der Waals surface area contributed by atoms with Gasteiger partial charge in [-0.3, -0.25) is 9.48 Å². The van der Waals surface area contributed by atoms with Gasteiger partial charge in [-0.2, -0.15) is 5.10 Å². The molecule has 6 nitrogen and oxygen atoms in total. The van der Waals surface area contributed by atoms with Gasteiger partial charge in [0.15, 0.2) is 0 Å². The van der Waals surface area contributed by atoms with E-state index in [2.05, 4.69) is 10.4 Å². The van der Waals surface area contributed by atoms with Gasteiger partial charge >= 0.3 is 5.97 Å². The molecule has 0 saturated heterocycles. The van der Waals surface area contributed by atoms with Gasteiger partial charge in [0.05, 0.1) is 18.4 Å². The van der Waals surface area contributed by atoms with Crippen LogP contribution in [0.4, 0.5) is 5.69 Å². The average molecular weight is 287 g/mol. The van der Waals surface area contributed by atoms with Crippen molar-refractivity contribution in [2.24, 2.45) is 0 Å². The Labute approximate surface area is 122 Å². The smallest absolute Gasteiger partial charge is 0.339 e. The number of aromatic nitrogens is 2. The number of nitrogens with zero attached hydrogens (tertiary/aromatic N) is 2. The lowest BCUT2D eigenvalue weighted by atomic mass is 10.1. The summed E-state index contributed by atoms with van der Waals surface area (Å²) in [7, 11) is 1.31. The topological polar surface area (TPSA) is 73.2 Å². The minimum Gasteiger partial charge on any atom is -0.465 e. The first-order valence-electron chi connectivity index (χ1n) is 6.52. The third-order valence-corrected chi connectivity index (χ3v) is 3.14. The summed E-state index contributed by atoms with van der Waals surface area (Å²) in [5.41, 5.74) is 1.67. The number of benzene rings is 1. The maximum absolute atomic E-state index is 12.2. The molecule has 2 rings (SSSR count). The number of esters is 1. The van der Waals surface area contributed by atoms with E-state index in [0.29, 0.717) is 11.3 Å². The Morgan fingerprint density at radius 1 is 1.38 bits per heavy atom. The third-order valence-electron chi connectivity index (χ3n) is 3.14. The second-order valence-corrected chi connectivity index (χ2v) is 4.69. The Hall–Kier alpha value is -2.63. The molecule has 0 bridgehead atoms. The number of ether oxygens (including phenoxy) is 1. The van der Waals surface area contributed by atoms with Crippen molar-refractivity contribution in [2.75, 3.05) is 12.4 Å². The number of hydrogen-bond donors (Lipinski definition) is 1. The first-order valence-corrected chi connectivity index (χ1v) is 6.52. The predicted molar refractivity (Wildman–Crippen MR) is 78.1 cm³/mol. The van der Waals surface area contributed by atoms with Gasteiger partial charge in [0, 0.05) is 12.4 Å². The molecule has 0 aliphatic heterocycles. The number of amides is 1. The van der Waals surface area contributed by atoms with E-state index in [9.17, 15) is 9.59 Å². The molecule has 0 saturated carbocycles. The normalized spacial score (nSPS) is 11.8. The molecule has 1 N–H and O–H groups in total. The van der Waals surface area contributed by atoms with E-state index in [-0.39, 0.29) is 5.91 Å². The summed E-state index contributed by atoms with van der Waals surface area (Å²) in [5.74, 6) is -0.742. The van der Waals surface area contributed by atoms with Crippen LogP contribution in [-0.2, 0) is 9.53 Å². The summed E-state index contributed by atoms with van der Waals surface area (Å²) in [6, 6.07) is 6.46. The van der Waals surface area contributed by atoms with Crippen LogP contribution in [0, 0.1) is 6.92 Å². The maximum Gasteiger partial charge on any atom is 0.339 e. The van der Waals surface area contributed by atoms with Gasteiger partial charge in [-0.25, -0.2) is 4.79 Å². The predicted octanol–water partition coefficient (Wildman–Crippen LogP) is 2.18. The summed E-state index contributed by atoms with van der Waals surface area (Å²) in [6.07, 6.45) is 3.32. The second-order valence-electron chi connectivity index (χ2n) is 4.69. The average Bonchev–Trinajstić information content (AvgIpc) is 3.01. The van der Waals surface area contributed by atoms with Crippen molar-refractivity contribution in [1.82, 2.24) is 9.78 Å². The SMILES string of the molecule is COC(=O)c1cc(C)ccc1NC(=O)C(C)n1cccn1. The van der Waals surface area contributed by atoms with Crippen molar-refractivity contribution in [3.8, 4) is 0 Å². The fraction of sp³-hybridized carbons (Fsp3) is 0.267. The van der Waals surface area contributed by atoms with Crippen LogP contribution in [0.2, 0.25) is 0 Å². The molecular formula is C15H17N3O3. The zero-order valence-corrected chi connectivity index (χ0v) is 12.2. The number of carbonyl (C=O) groups excluding carboxylic acids is 2. The van der Waals surface area contributed by atoms with Crippen molar-refractivity contribution in [1.29, 1.82) is 0 Å². The Kier molecular flexibility index (Phi) is 4.37. The van der Waals surface area contributed by atoms with Crippen molar-refractivity contribution >= 4 is 17.6 Å². The first kappa shape index (κ1) is 14.8. The van der Waals surface area contributed by atoms with Gasteiger partial charge < -0.3 is 10.1 Å². The lowest BCUT2D eigenvalue weighted by molar-refractivity contribution is -0.119. The molecule has 6 heteroatoms. The number of aryl methyl sites for hydroxylation is 1. The number of hydrogen-bond acceptors (Lipinski definition) is 4. The van der Waals surface area contributed by atoms with E-state index in [4.69, 9.17) is 4.74 Å². The largest absolute Gasteiger partial charge is 0.465 e. The van der Waals surface area contributed by atoms with E-state index < -0.39 is 12.0 Å². The molecule has 0 aliphatic rings. The van der Waals surface area contributed by atoms with Crippen molar-refractivity contribution in [3.63, 3.8) is 0 Å². The molecular weight excluding hydrogens is 270 g/mol. The Morgan fingerprint density at radius 3 is 2.76 bits per heavy atom. The standard InChI is InChI=1S/C15H17N3O3/c1-10-5-6-13(12(9-10)15(20)21-3)17-14(19)11(2)18-8-4-7-16-18/h4-9,11H,1-3H3,(H,17,19). The van der Waals surface area contributed by atoms with Crippen LogP contribution in [0.15, 0.2) is 36.7 Å². The summed E-state index contributed by atoms with van der Waals surface area (Å²) in [5, 5.41) is 6.77. The lowest BCUT2D eigenvalue weighted by Gasteiger charge is -2.15. The number of carbonyl (C=O) groups is 2. The van der Waals surface area contributed by atoms with Gasteiger partial charge in [-0.1, -0.05) is 11.6 Å². The minimum absolute atomic E-state index is 0.257. The first-order chi connectivity index (χ1) is 10.0. The highest BCUT2D eigenvalue weighted by Crippen LogP contribution is 2.20. The van der Waals surface area contributed by atoms with E-state index in [1.165, 1.54) is 7.11 Å². The van der Waals surface area contributed by atoms with Crippen LogP contribution in [0.25, 0.3) is 0 Å². The van der Waals surface area contributed by atoms with Gasteiger partial charge in [0.25, 0.3) is 0 Å². The monoisotopic (exact) mass is 287 g/mol. The van der Waals surface area contributed by atoms with Crippen molar-refractivity contribution in [2.45, 2.75) is 19.9 Å². The van der Waals surface area contributed by atoms with Crippen LogP contribution in [0.1, 0.15) is 28.9 Å². The van der Waals surface area contributed by atoms with Gasteiger partial charge in [0.2, 0.25) is 5.91 Å². The molecule has 1 atom stereocenters. The fourth-order valence-corrected chi connectivity index (χ4v) is 1.91. The number of nitrogens with one attached hydrogen (secondary N) is 1. The molecule has 2 aromatic rings. The maximum atomic E-state index is 12.2. The Morgan fingerprint density at radius 2 is 2.14 bits per heavy atom. The molecule has 0 aliphatic carbocycles. The van der Waals surface area contributed by atoms with Gasteiger partial charge in [-0.15, -0.1) is 0 Å². The summed E-state index contributed by atoms with van der Waals surface area (Å²) in [4.78, 5) is 24.0. The molecule has 21 heavy (non-hydrogen) atoms. The lowest BCUT2D eigenvalue weighted by Crippen LogP contribution is -2.25. The molecule has 0 fully saturated rings. The summed E-state index contributed by atoms with van der Waals surface area (Å²) >= 11 is 0. The molecule has 110 valence electrons. The van der Waals surface area contributed by atoms with E-state index in [0.717, 1.165) is 5.56 Å². The number of methoxy groups -OCH3 is 1. The van der Waals surface area contributed by atoms with Crippen LogP contribution in [0.3, 0.4) is 0 Å². The molecule has 1 heterocycles. The number of rotatable bonds is 4. The van der Waals surface area contributed by atoms with Crippen molar-refractivity contribution in [3.05, 3.63) is 47.8 Å². The third kappa shape index (κ3) is 3.28. The van der Waals surface area contributed by atoms with Crippen LogP contribution < -0.4 is 5.32 Å². The fourth-order valence-electron chi connectivity index (χ4n) is 1.91. The van der Waals surface area contributed by atoms with Crippen LogP contribution in [-0.4, -0.2) is 28.8 Å². The van der Waals surface area contributed by atoms with Crippen LogP contribution in [0.5, 0.6) is 0 Å². The second kappa shape index (κ2) is 6.21. The summed E-state index contributed by atoms with van der Waals surface area (Å²) < 4.78 is 6.28. The molecule has 0 spiro atoms. The van der Waals surface area contributed by atoms with E-state index in [1.807, 2.05) is 13.0 Å². The molecule has 1 aromatic carbocycles. The Bertz CT molecular complexity index is 650. The highest BCUT2D eigenvalue weighted by atomic mass is 16.5. The van der Waals surface area contributed by atoms with Crippen LogP contribution >= 0.6 is 0 Å². The van der Waals surface area contributed by atoms with E-state index in [1.54, 1.807) is 42.2 Å². The highest BCUT2D eigenvalue weighted by Gasteiger charge is 2.19. The number of anilines is 1. The summed E-state index contributed by atoms with van der Waals surface area (Å²) in [6.45, 7) is 3.60. The van der Waals surface area contributed by atoms with Gasteiger partial charge in [-0.05, 0) is 32.0 Å². The zero-order chi connectivity index (χ0) is 15.4. The highest BCUT2D eigenvalue weighted by molar-refractivity contribution is 6.02. The van der Waals surface area contributed by atoms with Crippen molar-refractivity contribution < 1.29 is 14.3 Å².